The number of rotatable bonds is 2. The van der Waals surface area contributed by atoms with Crippen LogP contribution in [0.4, 0.5) is 18.9 Å². The van der Waals surface area contributed by atoms with Gasteiger partial charge in [0, 0.05) is 0 Å². The lowest BCUT2D eigenvalue weighted by molar-refractivity contribution is -0.115. The molecule has 1 aromatic rings. The van der Waals surface area contributed by atoms with Gasteiger partial charge in [0.25, 0.3) is 0 Å². The SMILES string of the molecule is Cc1cccc(NCC(F)(F)F)c1Cl. The molecule has 0 spiro atoms. The Morgan fingerprint density at radius 3 is 2.57 bits per heavy atom. The van der Waals surface area contributed by atoms with Crippen molar-refractivity contribution in [3.05, 3.63) is 28.8 Å². The maximum Gasteiger partial charge on any atom is 0.405 e. The predicted molar refractivity (Wildman–Crippen MR) is 50.7 cm³/mol. The Bertz CT molecular complexity index is 322. The van der Waals surface area contributed by atoms with E-state index in [1.165, 1.54) is 6.07 Å². The number of halogens is 4. The van der Waals surface area contributed by atoms with E-state index in [2.05, 4.69) is 5.32 Å². The predicted octanol–water partition coefficient (Wildman–Crippen LogP) is 3.62. The third-order valence-corrected chi connectivity index (χ3v) is 2.17. The van der Waals surface area contributed by atoms with Gasteiger partial charge in [0.2, 0.25) is 0 Å². The van der Waals surface area contributed by atoms with Gasteiger partial charge in [-0.3, -0.25) is 0 Å². The molecule has 1 N–H and O–H groups in total. The fourth-order valence-electron chi connectivity index (χ4n) is 0.979. The largest absolute Gasteiger partial charge is 0.405 e. The van der Waals surface area contributed by atoms with Crippen LogP contribution in [0.25, 0.3) is 0 Å². The van der Waals surface area contributed by atoms with E-state index in [1.807, 2.05) is 0 Å². The van der Waals surface area contributed by atoms with Gasteiger partial charge in [0.1, 0.15) is 6.54 Å². The van der Waals surface area contributed by atoms with E-state index < -0.39 is 12.7 Å². The van der Waals surface area contributed by atoms with Gasteiger partial charge >= 0.3 is 6.18 Å². The van der Waals surface area contributed by atoms with Crippen molar-refractivity contribution in [2.24, 2.45) is 0 Å². The molecule has 0 aliphatic heterocycles. The Morgan fingerprint density at radius 1 is 1.36 bits per heavy atom. The molecule has 1 nitrogen and oxygen atoms in total. The Balaban J connectivity index is 2.73. The number of alkyl halides is 3. The molecular weight excluding hydrogens is 215 g/mol. The van der Waals surface area contributed by atoms with Crippen LogP contribution in [0.15, 0.2) is 18.2 Å². The molecule has 0 atom stereocenters. The summed E-state index contributed by atoms with van der Waals surface area (Å²) in [6, 6.07) is 4.90. The van der Waals surface area contributed by atoms with Gasteiger partial charge in [-0.1, -0.05) is 23.7 Å². The average Bonchev–Trinajstić information content (AvgIpc) is 2.06. The fourth-order valence-corrected chi connectivity index (χ4v) is 1.17. The van der Waals surface area contributed by atoms with Crippen molar-refractivity contribution in [2.45, 2.75) is 13.1 Å². The zero-order chi connectivity index (χ0) is 10.8. The monoisotopic (exact) mass is 223 g/mol. The molecule has 0 bridgehead atoms. The maximum atomic E-state index is 11.9. The van der Waals surface area contributed by atoms with Crippen molar-refractivity contribution in [3.63, 3.8) is 0 Å². The third-order valence-electron chi connectivity index (χ3n) is 1.67. The molecule has 14 heavy (non-hydrogen) atoms. The van der Waals surface area contributed by atoms with E-state index in [-0.39, 0.29) is 0 Å². The van der Waals surface area contributed by atoms with Gasteiger partial charge < -0.3 is 5.32 Å². The average molecular weight is 224 g/mol. The first-order valence-electron chi connectivity index (χ1n) is 3.96. The van der Waals surface area contributed by atoms with E-state index in [1.54, 1.807) is 19.1 Å². The number of aryl methyl sites for hydroxylation is 1. The number of nitrogens with one attached hydrogen (secondary N) is 1. The second kappa shape index (κ2) is 4.09. The molecule has 0 radical (unpaired) electrons. The summed E-state index contributed by atoms with van der Waals surface area (Å²) in [6.07, 6.45) is -4.23. The Hall–Kier alpha value is -0.900. The molecule has 0 fully saturated rings. The molecule has 0 saturated carbocycles. The van der Waals surface area contributed by atoms with Gasteiger partial charge in [0.15, 0.2) is 0 Å². The van der Waals surface area contributed by atoms with Crippen molar-refractivity contribution in [3.8, 4) is 0 Å². The lowest BCUT2D eigenvalue weighted by Crippen LogP contribution is -2.21. The number of anilines is 1. The number of hydrogen-bond acceptors (Lipinski definition) is 1. The minimum Gasteiger partial charge on any atom is -0.375 e. The Labute approximate surface area is 84.9 Å². The fraction of sp³-hybridized carbons (Fsp3) is 0.333. The van der Waals surface area contributed by atoms with Crippen LogP contribution in [0.5, 0.6) is 0 Å². The first-order valence-corrected chi connectivity index (χ1v) is 4.34. The molecule has 0 aromatic heterocycles. The van der Waals surface area contributed by atoms with Gasteiger partial charge in [0.05, 0.1) is 10.7 Å². The van der Waals surface area contributed by atoms with Crippen LogP contribution < -0.4 is 5.32 Å². The summed E-state index contributed by atoms with van der Waals surface area (Å²) in [5.74, 6) is 0. The van der Waals surface area contributed by atoms with Crippen molar-refractivity contribution in [1.29, 1.82) is 0 Å². The first-order chi connectivity index (χ1) is 6.40. The molecule has 0 unspecified atom stereocenters. The van der Waals surface area contributed by atoms with Crippen LogP contribution in [0.2, 0.25) is 5.02 Å². The molecule has 0 aliphatic carbocycles. The topological polar surface area (TPSA) is 12.0 Å². The molecule has 1 rings (SSSR count). The summed E-state index contributed by atoms with van der Waals surface area (Å²) >= 11 is 5.79. The summed E-state index contributed by atoms with van der Waals surface area (Å²) in [6.45, 7) is 0.664. The summed E-state index contributed by atoms with van der Waals surface area (Å²) < 4.78 is 35.6. The molecule has 0 heterocycles. The highest BCUT2D eigenvalue weighted by Crippen LogP contribution is 2.26. The highest BCUT2D eigenvalue weighted by Gasteiger charge is 2.26. The van der Waals surface area contributed by atoms with Crippen molar-refractivity contribution in [1.82, 2.24) is 0 Å². The molecule has 0 amide bonds. The summed E-state index contributed by atoms with van der Waals surface area (Å²) in [5, 5.41) is 2.57. The van der Waals surface area contributed by atoms with E-state index >= 15 is 0 Å². The number of hydrogen-bond donors (Lipinski definition) is 1. The zero-order valence-corrected chi connectivity index (χ0v) is 8.21. The smallest absolute Gasteiger partial charge is 0.375 e. The van der Waals surface area contributed by atoms with E-state index in [0.717, 1.165) is 5.56 Å². The van der Waals surface area contributed by atoms with Crippen molar-refractivity contribution >= 4 is 17.3 Å². The minimum atomic E-state index is -4.23. The van der Waals surface area contributed by atoms with Crippen LogP contribution in [0, 0.1) is 6.92 Å². The molecule has 1 aromatic carbocycles. The third kappa shape index (κ3) is 3.10. The van der Waals surface area contributed by atoms with Gasteiger partial charge in [-0.25, -0.2) is 0 Å². The minimum absolute atomic E-state index is 0.309. The lowest BCUT2D eigenvalue weighted by Gasteiger charge is -2.11. The van der Waals surface area contributed by atoms with Crippen LogP contribution in [0.1, 0.15) is 5.56 Å². The Morgan fingerprint density at radius 2 is 2.00 bits per heavy atom. The second-order valence-electron chi connectivity index (χ2n) is 2.91. The van der Waals surface area contributed by atoms with E-state index in [4.69, 9.17) is 11.6 Å². The lowest BCUT2D eigenvalue weighted by atomic mass is 10.2. The number of benzene rings is 1. The standard InChI is InChI=1S/C9H9ClF3N/c1-6-3-2-4-7(8(6)10)14-5-9(11,12)13/h2-4,14H,5H2,1H3. The van der Waals surface area contributed by atoms with E-state index in [9.17, 15) is 13.2 Å². The van der Waals surface area contributed by atoms with Crippen LogP contribution in [-0.2, 0) is 0 Å². The van der Waals surface area contributed by atoms with Crippen LogP contribution >= 0.6 is 11.6 Å². The quantitative estimate of drug-likeness (QED) is 0.808. The maximum absolute atomic E-state index is 11.9. The van der Waals surface area contributed by atoms with Gasteiger partial charge in [-0.2, -0.15) is 13.2 Å². The second-order valence-corrected chi connectivity index (χ2v) is 3.28. The Kier molecular flexibility index (Phi) is 3.26. The molecule has 78 valence electrons. The zero-order valence-electron chi connectivity index (χ0n) is 7.45. The van der Waals surface area contributed by atoms with Crippen molar-refractivity contribution < 1.29 is 13.2 Å². The van der Waals surface area contributed by atoms with Gasteiger partial charge in [-0.05, 0) is 18.6 Å². The van der Waals surface area contributed by atoms with Gasteiger partial charge in [-0.15, -0.1) is 0 Å². The molecule has 0 aliphatic rings. The summed E-state index contributed by atoms with van der Waals surface area (Å²) in [4.78, 5) is 0. The normalized spacial score (nSPS) is 11.5. The molecule has 5 heteroatoms. The van der Waals surface area contributed by atoms with Crippen LogP contribution in [0.3, 0.4) is 0 Å². The summed E-state index contributed by atoms with van der Waals surface area (Å²) in [7, 11) is 0. The highest BCUT2D eigenvalue weighted by molar-refractivity contribution is 6.33. The summed E-state index contributed by atoms with van der Waals surface area (Å²) in [5.41, 5.74) is 1.06. The highest BCUT2D eigenvalue weighted by atomic mass is 35.5. The first kappa shape index (κ1) is 11.2. The van der Waals surface area contributed by atoms with Crippen molar-refractivity contribution in [2.75, 3.05) is 11.9 Å². The molecule has 0 saturated heterocycles. The molecular formula is C9H9ClF3N. The van der Waals surface area contributed by atoms with Crippen LogP contribution in [-0.4, -0.2) is 12.7 Å². The van der Waals surface area contributed by atoms with E-state index in [0.29, 0.717) is 10.7 Å².